The van der Waals surface area contributed by atoms with Crippen molar-refractivity contribution in [3.63, 3.8) is 0 Å². The van der Waals surface area contributed by atoms with Crippen molar-refractivity contribution < 1.29 is 19.5 Å². The molecule has 1 aliphatic rings. The second-order valence-electron chi connectivity index (χ2n) is 3.68. The SMILES string of the molecule is NC(=O)CCC(NC(=O)C1CSCN1)C(=O)O. The van der Waals surface area contributed by atoms with Crippen molar-refractivity contribution >= 4 is 29.5 Å². The van der Waals surface area contributed by atoms with E-state index in [0.717, 1.165) is 0 Å². The van der Waals surface area contributed by atoms with E-state index in [1.807, 2.05) is 0 Å². The molecule has 0 bridgehead atoms. The first-order valence-corrected chi connectivity index (χ1v) is 6.29. The number of rotatable bonds is 6. The lowest BCUT2D eigenvalue weighted by Crippen LogP contribution is -2.49. The molecule has 0 aromatic carbocycles. The van der Waals surface area contributed by atoms with Gasteiger partial charge in [0, 0.05) is 18.1 Å². The number of hydrogen-bond donors (Lipinski definition) is 4. The summed E-state index contributed by atoms with van der Waals surface area (Å²) in [6.45, 7) is 0. The predicted octanol–water partition coefficient (Wildman–Crippen LogP) is -1.52. The molecule has 0 aromatic rings. The Morgan fingerprint density at radius 3 is 2.71 bits per heavy atom. The van der Waals surface area contributed by atoms with Gasteiger partial charge in [0.05, 0.1) is 6.04 Å². The Morgan fingerprint density at radius 1 is 1.53 bits per heavy atom. The van der Waals surface area contributed by atoms with Gasteiger partial charge < -0.3 is 16.2 Å². The minimum Gasteiger partial charge on any atom is -0.480 e. The van der Waals surface area contributed by atoms with E-state index in [9.17, 15) is 14.4 Å². The van der Waals surface area contributed by atoms with Gasteiger partial charge in [0.15, 0.2) is 0 Å². The Kier molecular flexibility index (Phi) is 5.23. The highest BCUT2D eigenvalue weighted by Crippen LogP contribution is 2.10. The number of carbonyl (C=O) groups excluding carboxylic acids is 2. The minimum absolute atomic E-state index is 0.0102. The van der Waals surface area contributed by atoms with E-state index >= 15 is 0 Å². The molecule has 0 radical (unpaired) electrons. The van der Waals surface area contributed by atoms with Gasteiger partial charge in [-0.25, -0.2) is 4.79 Å². The molecule has 5 N–H and O–H groups in total. The van der Waals surface area contributed by atoms with Crippen LogP contribution in [0.5, 0.6) is 0 Å². The number of nitrogens with one attached hydrogen (secondary N) is 2. The number of carbonyl (C=O) groups is 3. The molecule has 1 heterocycles. The summed E-state index contributed by atoms with van der Waals surface area (Å²) >= 11 is 1.57. The van der Waals surface area contributed by atoms with Crippen LogP contribution in [-0.4, -0.2) is 46.6 Å². The van der Waals surface area contributed by atoms with Crippen molar-refractivity contribution in [3.8, 4) is 0 Å². The Labute approximate surface area is 102 Å². The summed E-state index contributed by atoms with van der Waals surface area (Å²) < 4.78 is 0. The molecule has 2 unspecified atom stereocenters. The van der Waals surface area contributed by atoms with E-state index in [1.54, 1.807) is 11.8 Å². The quantitative estimate of drug-likeness (QED) is 0.461. The Morgan fingerprint density at radius 2 is 2.24 bits per heavy atom. The Hall–Kier alpha value is -1.28. The van der Waals surface area contributed by atoms with Crippen LogP contribution >= 0.6 is 11.8 Å². The standard InChI is InChI=1S/C9H15N3O4S/c10-7(13)2-1-5(9(15)16)12-8(14)6-3-17-4-11-6/h5-6,11H,1-4H2,(H2,10,13)(H,12,14)(H,15,16). The lowest BCUT2D eigenvalue weighted by molar-refractivity contribution is -0.142. The van der Waals surface area contributed by atoms with Crippen molar-refractivity contribution in [1.82, 2.24) is 10.6 Å². The molecule has 2 atom stereocenters. The molecule has 0 aliphatic carbocycles. The highest BCUT2D eigenvalue weighted by Gasteiger charge is 2.27. The van der Waals surface area contributed by atoms with Crippen molar-refractivity contribution in [3.05, 3.63) is 0 Å². The summed E-state index contributed by atoms with van der Waals surface area (Å²) in [5, 5.41) is 14.2. The van der Waals surface area contributed by atoms with Crippen molar-refractivity contribution in [2.24, 2.45) is 5.73 Å². The van der Waals surface area contributed by atoms with E-state index in [4.69, 9.17) is 10.8 Å². The van der Waals surface area contributed by atoms with Gasteiger partial charge in [0.25, 0.3) is 0 Å². The molecule has 8 heteroatoms. The summed E-state index contributed by atoms with van der Waals surface area (Å²) in [6, 6.07) is -1.43. The van der Waals surface area contributed by atoms with Gasteiger partial charge in [0.1, 0.15) is 6.04 Å². The molecule has 0 aromatic heterocycles. The van der Waals surface area contributed by atoms with Gasteiger partial charge in [-0.15, -0.1) is 11.8 Å². The number of thioether (sulfide) groups is 1. The number of carboxylic acids is 1. The third-order valence-corrected chi connectivity index (χ3v) is 3.27. The Balaban J connectivity index is 2.44. The van der Waals surface area contributed by atoms with Crippen LogP contribution in [0.2, 0.25) is 0 Å². The van der Waals surface area contributed by atoms with Gasteiger partial charge in [-0.2, -0.15) is 0 Å². The fourth-order valence-corrected chi connectivity index (χ4v) is 2.32. The largest absolute Gasteiger partial charge is 0.480 e. The van der Waals surface area contributed by atoms with Crippen LogP contribution < -0.4 is 16.4 Å². The molecule has 17 heavy (non-hydrogen) atoms. The van der Waals surface area contributed by atoms with Crippen LogP contribution in [0.15, 0.2) is 0 Å². The van der Waals surface area contributed by atoms with Crippen molar-refractivity contribution in [2.45, 2.75) is 24.9 Å². The number of carboxylic acid groups (broad SMARTS) is 1. The zero-order valence-corrected chi connectivity index (χ0v) is 9.96. The van der Waals surface area contributed by atoms with Crippen LogP contribution in [0.1, 0.15) is 12.8 Å². The Bertz CT molecular complexity index is 317. The number of amides is 2. The average Bonchev–Trinajstić information content (AvgIpc) is 2.76. The summed E-state index contributed by atoms with van der Waals surface area (Å²) in [6.07, 6.45) is -0.0552. The third-order valence-electron chi connectivity index (χ3n) is 2.33. The zero-order valence-electron chi connectivity index (χ0n) is 9.14. The van der Waals surface area contributed by atoms with E-state index in [-0.39, 0.29) is 24.8 Å². The van der Waals surface area contributed by atoms with Crippen LogP contribution in [0.4, 0.5) is 0 Å². The lowest BCUT2D eigenvalue weighted by Gasteiger charge is -2.16. The molecule has 1 saturated heterocycles. The number of primary amides is 1. The molecular formula is C9H15N3O4S. The fraction of sp³-hybridized carbons (Fsp3) is 0.667. The average molecular weight is 261 g/mol. The molecule has 7 nitrogen and oxygen atoms in total. The maximum Gasteiger partial charge on any atom is 0.326 e. The first-order chi connectivity index (χ1) is 8.00. The second kappa shape index (κ2) is 6.45. The van der Waals surface area contributed by atoms with Gasteiger partial charge in [-0.1, -0.05) is 0 Å². The van der Waals surface area contributed by atoms with Crippen LogP contribution in [-0.2, 0) is 14.4 Å². The minimum atomic E-state index is -1.16. The highest BCUT2D eigenvalue weighted by molar-refractivity contribution is 7.99. The highest BCUT2D eigenvalue weighted by atomic mass is 32.2. The molecule has 1 rings (SSSR count). The molecule has 1 fully saturated rings. The second-order valence-corrected chi connectivity index (χ2v) is 4.71. The molecular weight excluding hydrogens is 246 g/mol. The summed E-state index contributed by atoms with van der Waals surface area (Å²) in [5.41, 5.74) is 4.93. The molecule has 96 valence electrons. The van der Waals surface area contributed by atoms with E-state index in [0.29, 0.717) is 11.6 Å². The third kappa shape index (κ3) is 4.61. The number of aliphatic carboxylic acids is 1. The van der Waals surface area contributed by atoms with E-state index in [1.165, 1.54) is 0 Å². The predicted molar refractivity (Wildman–Crippen MR) is 62.2 cm³/mol. The molecule has 0 spiro atoms. The monoisotopic (exact) mass is 261 g/mol. The fourth-order valence-electron chi connectivity index (χ4n) is 1.38. The lowest BCUT2D eigenvalue weighted by atomic mass is 10.1. The van der Waals surface area contributed by atoms with Crippen LogP contribution in [0.3, 0.4) is 0 Å². The summed E-state index contributed by atoms with van der Waals surface area (Å²) in [5.74, 6) is -0.803. The van der Waals surface area contributed by atoms with Gasteiger partial charge >= 0.3 is 5.97 Å². The van der Waals surface area contributed by atoms with Crippen LogP contribution in [0, 0.1) is 0 Å². The smallest absolute Gasteiger partial charge is 0.326 e. The van der Waals surface area contributed by atoms with E-state index in [2.05, 4.69) is 10.6 Å². The maximum atomic E-state index is 11.6. The maximum absolute atomic E-state index is 11.6. The first-order valence-electron chi connectivity index (χ1n) is 5.13. The van der Waals surface area contributed by atoms with Gasteiger partial charge in [-0.3, -0.25) is 14.9 Å². The number of hydrogen-bond acceptors (Lipinski definition) is 5. The van der Waals surface area contributed by atoms with Gasteiger partial charge in [-0.05, 0) is 6.42 Å². The van der Waals surface area contributed by atoms with Crippen molar-refractivity contribution in [1.29, 1.82) is 0 Å². The first kappa shape index (κ1) is 13.8. The summed E-state index contributed by atoms with van der Waals surface area (Å²) in [7, 11) is 0. The van der Waals surface area contributed by atoms with Crippen LogP contribution in [0.25, 0.3) is 0 Å². The molecule has 0 saturated carbocycles. The number of nitrogens with two attached hydrogens (primary N) is 1. The van der Waals surface area contributed by atoms with Gasteiger partial charge in [0.2, 0.25) is 11.8 Å². The molecule has 1 aliphatic heterocycles. The topological polar surface area (TPSA) is 122 Å². The zero-order chi connectivity index (χ0) is 12.8. The van der Waals surface area contributed by atoms with Crippen molar-refractivity contribution in [2.75, 3.05) is 11.6 Å². The normalized spacial score (nSPS) is 20.8. The molecule has 2 amide bonds. The summed E-state index contributed by atoms with van der Waals surface area (Å²) in [4.78, 5) is 33.1. The van der Waals surface area contributed by atoms with E-state index < -0.39 is 17.9 Å².